The monoisotopic (exact) mass is 312 g/mol. The maximum atomic E-state index is 13.6. The van der Waals surface area contributed by atoms with Crippen LogP contribution in [-0.4, -0.2) is 20.9 Å². The van der Waals surface area contributed by atoms with Gasteiger partial charge in [-0.25, -0.2) is 9.18 Å². The van der Waals surface area contributed by atoms with Crippen LogP contribution in [0.4, 0.5) is 4.39 Å². The first-order valence-electron chi connectivity index (χ1n) is 6.32. The SMILES string of the molecule is CCn1nc(C)c(Cl)c1COc1cccc(F)c1C(=O)O. The largest absolute Gasteiger partial charge is 0.486 e. The van der Waals surface area contributed by atoms with Crippen LogP contribution in [0, 0.1) is 12.7 Å². The summed E-state index contributed by atoms with van der Waals surface area (Å²) in [4.78, 5) is 11.1. The molecule has 112 valence electrons. The summed E-state index contributed by atoms with van der Waals surface area (Å²) in [5, 5.41) is 13.7. The first kappa shape index (κ1) is 15.3. The van der Waals surface area contributed by atoms with Crippen molar-refractivity contribution in [2.45, 2.75) is 27.0 Å². The van der Waals surface area contributed by atoms with Crippen molar-refractivity contribution < 1.29 is 19.0 Å². The van der Waals surface area contributed by atoms with Gasteiger partial charge in [-0.05, 0) is 26.0 Å². The van der Waals surface area contributed by atoms with Gasteiger partial charge >= 0.3 is 5.97 Å². The number of hydrogen-bond acceptors (Lipinski definition) is 3. The Hall–Kier alpha value is -2.08. The van der Waals surface area contributed by atoms with Crippen molar-refractivity contribution in [1.29, 1.82) is 0 Å². The Labute approximate surface area is 125 Å². The second kappa shape index (κ2) is 6.13. The molecule has 21 heavy (non-hydrogen) atoms. The predicted octanol–water partition coefficient (Wildman–Crippen LogP) is 3.28. The van der Waals surface area contributed by atoms with E-state index in [4.69, 9.17) is 21.4 Å². The molecule has 0 radical (unpaired) electrons. The van der Waals surface area contributed by atoms with Crippen molar-refractivity contribution in [2.24, 2.45) is 0 Å². The van der Waals surface area contributed by atoms with E-state index in [1.165, 1.54) is 12.1 Å². The molecule has 0 bridgehead atoms. The van der Waals surface area contributed by atoms with Gasteiger partial charge < -0.3 is 9.84 Å². The van der Waals surface area contributed by atoms with Crippen LogP contribution in [0.5, 0.6) is 5.75 Å². The summed E-state index contributed by atoms with van der Waals surface area (Å²) in [5.74, 6) is -2.26. The van der Waals surface area contributed by atoms with Crippen molar-refractivity contribution in [3.05, 3.63) is 46.0 Å². The Bertz CT molecular complexity index is 685. The summed E-state index contributed by atoms with van der Waals surface area (Å²) < 4.78 is 20.7. The molecule has 0 amide bonds. The van der Waals surface area contributed by atoms with Gasteiger partial charge in [-0.1, -0.05) is 17.7 Å². The van der Waals surface area contributed by atoms with E-state index >= 15 is 0 Å². The number of carboxylic acid groups (broad SMARTS) is 1. The molecule has 1 N–H and O–H groups in total. The van der Waals surface area contributed by atoms with E-state index in [-0.39, 0.29) is 12.4 Å². The minimum atomic E-state index is -1.38. The van der Waals surface area contributed by atoms with Crippen LogP contribution < -0.4 is 4.74 Å². The number of aromatic carboxylic acids is 1. The molecular formula is C14H14ClFN2O3. The van der Waals surface area contributed by atoms with E-state index in [1.54, 1.807) is 11.6 Å². The highest BCUT2D eigenvalue weighted by Gasteiger charge is 2.19. The Balaban J connectivity index is 2.29. The van der Waals surface area contributed by atoms with Gasteiger partial charge in [0.15, 0.2) is 0 Å². The number of benzene rings is 1. The number of hydrogen-bond donors (Lipinski definition) is 1. The average Bonchev–Trinajstić information content (AvgIpc) is 2.71. The third-order valence-electron chi connectivity index (χ3n) is 3.01. The number of aromatic nitrogens is 2. The van der Waals surface area contributed by atoms with Gasteiger partial charge in [0.2, 0.25) is 0 Å². The lowest BCUT2D eigenvalue weighted by Crippen LogP contribution is -2.09. The fraction of sp³-hybridized carbons (Fsp3) is 0.286. The molecule has 0 unspecified atom stereocenters. The van der Waals surface area contributed by atoms with E-state index < -0.39 is 17.3 Å². The minimum Gasteiger partial charge on any atom is -0.486 e. The summed E-state index contributed by atoms with van der Waals surface area (Å²) in [7, 11) is 0. The van der Waals surface area contributed by atoms with Gasteiger partial charge in [0.05, 0.1) is 16.4 Å². The zero-order valence-electron chi connectivity index (χ0n) is 11.6. The molecule has 0 atom stereocenters. The summed E-state index contributed by atoms with van der Waals surface area (Å²) in [6, 6.07) is 3.87. The average molecular weight is 313 g/mol. The number of carboxylic acids is 1. The summed E-state index contributed by atoms with van der Waals surface area (Å²) in [6.07, 6.45) is 0. The molecule has 7 heteroatoms. The van der Waals surface area contributed by atoms with E-state index in [0.717, 1.165) is 6.07 Å². The molecule has 0 aliphatic heterocycles. The Morgan fingerprint density at radius 1 is 1.52 bits per heavy atom. The highest BCUT2D eigenvalue weighted by molar-refractivity contribution is 6.31. The van der Waals surface area contributed by atoms with E-state index in [2.05, 4.69) is 5.10 Å². The number of ether oxygens (including phenoxy) is 1. The lowest BCUT2D eigenvalue weighted by Gasteiger charge is -2.11. The van der Waals surface area contributed by atoms with Crippen LogP contribution in [0.3, 0.4) is 0 Å². The van der Waals surface area contributed by atoms with E-state index in [9.17, 15) is 9.18 Å². The maximum Gasteiger partial charge on any atom is 0.342 e. The van der Waals surface area contributed by atoms with Crippen LogP contribution in [0.15, 0.2) is 18.2 Å². The molecule has 0 aliphatic carbocycles. The lowest BCUT2D eigenvalue weighted by atomic mass is 10.2. The topological polar surface area (TPSA) is 64.4 Å². The fourth-order valence-electron chi connectivity index (χ4n) is 1.99. The van der Waals surface area contributed by atoms with Crippen LogP contribution in [0.25, 0.3) is 0 Å². The van der Waals surface area contributed by atoms with Crippen LogP contribution in [0.2, 0.25) is 5.02 Å². The number of aryl methyl sites for hydroxylation is 2. The van der Waals surface area contributed by atoms with Gasteiger partial charge in [-0.3, -0.25) is 4.68 Å². The van der Waals surface area contributed by atoms with Crippen LogP contribution in [-0.2, 0) is 13.2 Å². The molecule has 1 aromatic heterocycles. The van der Waals surface area contributed by atoms with Gasteiger partial charge in [0, 0.05) is 6.54 Å². The first-order valence-corrected chi connectivity index (χ1v) is 6.69. The van der Waals surface area contributed by atoms with Crippen molar-refractivity contribution in [1.82, 2.24) is 9.78 Å². The fourth-order valence-corrected chi connectivity index (χ4v) is 2.18. The molecule has 2 rings (SSSR count). The molecule has 0 saturated carbocycles. The molecule has 0 saturated heterocycles. The van der Waals surface area contributed by atoms with Gasteiger partial charge in [-0.2, -0.15) is 5.10 Å². The second-order valence-electron chi connectivity index (χ2n) is 4.37. The summed E-state index contributed by atoms with van der Waals surface area (Å²) in [6.45, 7) is 4.28. The zero-order chi connectivity index (χ0) is 15.6. The smallest absolute Gasteiger partial charge is 0.342 e. The van der Waals surface area contributed by atoms with Crippen molar-refractivity contribution in [3.8, 4) is 5.75 Å². The Kier molecular flexibility index (Phi) is 4.47. The minimum absolute atomic E-state index is 0.0112. The normalized spacial score (nSPS) is 10.7. The summed E-state index contributed by atoms with van der Waals surface area (Å²) >= 11 is 6.14. The number of carbonyl (C=O) groups is 1. The highest BCUT2D eigenvalue weighted by atomic mass is 35.5. The third kappa shape index (κ3) is 3.00. The quantitative estimate of drug-likeness (QED) is 0.920. The first-order chi connectivity index (χ1) is 9.95. The molecule has 0 fully saturated rings. The standard InChI is InChI=1S/C14H14ClFN2O3/c1-3-18-10(13(15)8(2)17-18)7-21-11-6-4-5-9(16)12(11)14(19)20/h4-6H,3,7H2,1-2H3,(H,19,20). The molecular weight excluding hydrogens is 299 g/mol. The van der Waals surface area contributed by atoms with E-state index in [0.29, 0.717) is 23.0 Å². The van der Waals surface area contributed by atoms with Crippen molar-refractivity contribution in [3.63, 3.8) is 0 Å². The second-order valence-corrected chi connectivity index (χ2v) is 4.75. The Morgan fingerprint density at radius 3 is 2.86 bits per heavy atom. The molecule has 0 aliphatic rings. The maximum absolute atomic E-state index is 13.6. The Morgan fingerprint density at radius 2 is 2.24 bits per heavy atom. The molecule has 1 heterocycles. The van der Waals surface area contributed by atoms with Crippen LogP contribution >= 0.6 is 11.6 Å². The number of nitrogens with zero attached hydrogens (tertiary/aromatic N) is 2. The predicted molar refractivity (Wildman–Crippen MR) is 75.3 cm³/mol. The zero-order valence-corrected chi connectivity index (χ0v) is 12.3. The summed E-state index contributed by atoms with van der Waals surface area (Å²) in [5.41, 5.74) is 0.792. The van der Waals surface area contributed by atoms with Crippen molar-refractivity contribution >= 4 is 17.6 Å². The molecule has 0 spiro atoms. The highest BCUT2D eigenvalue weighted by Crippen LogP contribution is 2.25. The number of halogens is 2. The molecule has 1 aromatic carbocycles. The third-order valence-corrected chi connectivity index (χ3v) is 3.50. The lowest BCUT2D eigenvalue weighted by molar-refractivity contribution is 0.0686. The van der Waals surface area contributed by atoms with Crippen LogP contribution in [0.1, 0.15) is 28.7 Å². The number of rotatable bonds is 5. The van der Waals surface area contributed by atoms with Crippen molar-refractivity contribution in [2.75, 3.05) is 0 Å². The molecule has 5 nitrogen and oxygen atoms in total. The molecule has 2 aromatic rings. The van der Waals surface area contributed by atoms with E-state index in [1.807, 2.05) is 6.92 Å². The van der Waals surface area contributed by atoms with Gasteiger partial charge in [0.25, 0.3) is 0 Å². The van der Waals surface area contributed by atoms with Gasteiger partial charge in [0.1, 0.15) is 23.7 Å². The van der Waals surface area contributed by atoms with Gasteiger partial charge in [-0.15, -0.1) is 0 Å².